The van der Waals surface area contributed by atoms with Gasteiger partial charge in [-0.05, 0) is 56.0 Å². The molecule has 2 rings (SSSR count). The second kappa shape index (κ2) is 7.61. The van der Waals surface area contributed by atoms with Crippen LogP contribution in [-0.2, 0) is 9.84 Å². The first kappa shape index (κ1) is 16.8. The summed E-state index contributed by atoms with van der Waals surface area (Å²) in [4.78, 5) is 0.369. The lowest BCUT2D eigenvalue weighted by molar-refractivity contribution is 0.382. The number of hydrogen-bond acceptors (Lipinski definition) is 3. The predicted molar refractivity (Wildman–Crippen MR) is 87.5 cm³/mol. The molecule has 0 bridgehead atoms. The first-order valence-electron chi connectivity index (χ1n) is 7.74. The highest BCUT2D eigenvalue weighted by Crippen LogP contribution is 2.29. The topological polar surface area (TPSA) is 46.2 Å². The Kier molecular flexibility index (Phi) is 6.08. The minimum atomic E-state index is -3.27. The molecule has 1 aliphatic carbocycles. The molecule has 0 aliphatic heterocycles. The molecule has 0 amide bonds. The average molecular weight is 330 g/mol. The van der Waals surface area contributed by atoms with E-state index in [1.807, 2.05) is 0 Å². The average Bonchev–Trinajstić information content (AvgIpc) is 2.98. The molecule has 0 spiro atoms. The molecule has 1 fully saturated rings. The van der Waals surface area contributed by atoms with Gasteiger partial charge in [0, 0.05) is 11.1 Å². The van der Waals surface area contributed by atoms with Crippen molar-refractivity contribution in [2.45, 2.75) is 50.0 Å². The van der Waals surface area contributed by atoms with Gasteiger partial charge in [-0.1, -0.05) is 31.4 Å². The van der Waals surface area contributed by atoms with Gasteiger partial charge in [-0.25, -0.2) is 8.42 Å². The third-order valence-electron chi connectivity index (χ3n) is 4.20. The number of nitrogens with one attached hydrogen (secondary N) is 1. The highest BCUT2D eigenvalue weighted by molar-refractivity contribution is 7.91. The van der Waals surface area contributed by atoms with Crippen LogP contribution in [0.2, 0.25) is 5.02 Å². The summed E-state index contributed by atoms with van der Waals surface area (Å²) in [6.45, 7) is 2.98. The van der Waals surface area contributed by atoms with Crippen molar-refractivity contribution in [1.82, 2.24) is 5.32 Å². The van der Waals surface area contributed by atoms with Crippen LogP contribution in [0.3, 0.4) is 0 Å². The Morgan fingerprint density at radius 1 is 1.24 bits per heavy atom. The Hall–Kier alpha value is -0.580. The van der Waals surface area contributed by atoms with Crippen LogP contribution in [0.15, 0.2) is 29.2 Å². The standard InChI is InChI=1S/C16H24ClNO2S/c1-2-11-18-16(13-5-3-4-6-13)12-21(19,20)15-9-7-14(17)8-10-15/h7-10,13,16,18H,2-6,11-12H2,1H3. The molecule has 0 saturated heterocycles. The SMILES string of the molecule is CCCNC(CS(=O)(=O)c1ccc(Cl)cc1)C1CCCC1. The number of sulfone groups is 1. The van der Waals surface area contributed by atoms with Crippen LogP contribution >= 0.6 is 11.6 Å². The van der Waals surface area contributed by atoms with Gasteiger partial charge in [0.15, 0.2) is 9.84 Å². The second-order valence-corrected chi connectivity index (χ2v) is 8.31. The van der Waals surface area contributed by atoms with E-state index in [4.69, 9.17) is 11.6 Å². The monoisotopic (exact) mass is 329 g/mol. The van der Waals surface area contributed by atoms with Crippen LogP contribution in [0.4, 0.5) is 0 Å². The zero-order chi connectivity index (χ0) is 15.3. The van der Waals surface area contributed by atoms with Gasteiger partial charge in [-0.3, -0.25) is 0 Å². The quantitative estimate of drug-likeness (QED) is 0.830. The molecule has 1 unspecified atom stereocenters. The Labute approximate surface area is 133 Å². The van der Waals surface area contributed by atoms with E-state index in [0.717, 1.165) is 25.8 Å². The number of hydrogen-bond donors (Lipinski definition) is 1. The highest BCUT2D eigenvalue weighted by atomic mass is 35.5. The zero-order valence-corrected chi connectivity index (χ0v) is 14.1. The van der Waals surface area contributed by atoms with Crippen molar-refractivity contribution in [3.63, 3.8) is 0 Å². The molecule has 0 radical (unpaired) electrons. The van der Waals surface area contributed by atoms with Crippen molar-refractivity contribution in [1.29, 1.82) is 0 Å². The molecule has 1 atom stereocenters. The van der Waals surface area contributed by atoms with Gasteiger partial charge in [-0.2, -0.15) is 0 Å². The van der Waals surface area contributed by atoms with Crippen molar-refractivity contribution in [2.24, 2.45) is 5.92 Å². The Morgan fingerprint density at radius 2 is 1.86 bits per heavy atom. The molecule has 118 valence electrons. The van der Waals surface area contributed by atoms with E-state index in [2.05, 4.69) is 12.2 Å². The first-order valence-corrected chi connectivity index (χ1v) is 9.77. The molecule has 3 nitrogen and oxygen atoms in total. The lowest BCUT2D eigenvalue weighted by Crippen LogP contribution is -2.41. The van der Waals surface area contributed by atoms with E-state index in [1.165, 1.54) is 12.8 Å². The van der Waals surface area contributed by atoms with E-state index in [0.29, 0.717) is 15.8 Å². The van der Waals surface area contributed by atoms with Gasteiger partial charge >= 0.3 is 0 Å². The molecular weight excluding hydrogens is 306 g/mol. The molecule has 21 heavy (non-hydrogen) atoms. The molecule has 1 N–H and O–H groups in total. The van der Waals surface area contributed by atoms with Gasteiger partial charge < -0.3 is 5.32 Å². The van der Waals surface area contributed by atoms with Crippen LogP contribution in [0.5, 0.6) is 0 Å². The minimum absolute atomic E-state index is 0.0631. The fourth-order valence-electron chi connectivity index (χ4n) is 3.03. The number of halogens is 1. The number of rotatable bonds is 7. The second-order valence-electron chi connectivity index (χ2n) is 5.84. The molecule has 1 aromatic carbocycles. The van der Waals surface area contributed by atoms with Gasteiger partial charge in [0.2, 0.25) is 0 Å². The van der Waals surface area contributed by atoms with Crippen molar-refractivity contribution in [3.05, 3.63) is 29.3 Å². The highest BCUT2D eigenvalue weighted by Gasteiger charge is 2.29. The van der Waals surface area contributed by atoms with Gasteiger partial charge in [0.05, 0.1) is 10.6 Å². The Morgan fingerprint density at radius 3 is 2.43 bits per heavy atom. The molecule has 5 heteroatoms. The summed E-state index contributed by atoms with van der Waals surface area (Å²) < 4.78 is 25.2. The van der Waals surface area contributed by atoms with Crippen LogP contribution in [0.1, 0.15) is 39.0 Å². The maximum Gasteiger partial charge on any atom is 0.179 e. The van der Waals surface area contributed by atoms with Crippen molar-refractivity contribution in [3.8, 4) is 0 Å². The Balaban J connectivity index is 2.11. The van der Waals surface area contributed by atoms with Crippen LogP contribution in [0, 0.1) is 5.92 Å². The lowest BCUT2D eigenvalue weighted by atomic mass is 10.00. The third kappa shape index (κ3) is 4.70. The number of benzene rings is 1. The Bertz CT molecular complexity index is 536. The maximum absolute atomic E-state index is 12.6. The summed E-state index contributed by atoms with van der Waals surface area (Å²) in [6, 6.07) is 6.54. The van der Waals surface area contributed by atoms with Crippen LogP contribution < -0.4 is 5.32 Å². The molecule has 1 aliphatic rings. The lowest BCUT2D eigenvalue weighted by Gasteiger charge is -2.24. The van der Waals surface area contributed by atoms with Gasteiger partial charge in [-0.15, -0.1) is 0 Å². The van der Waals surface area contributed by atoms with Crippen molar-refractivity contribution >= 4 is 21.4 Å². The van der Waals surface area contributed by atoms with Crippen molar-refractivity contribution in [2.75, 3.05) is 12.3 Å². The molecule has 1 saturated carbocycles. The molecule has 1 aromatic rings. The first-order chi connectivity index (χ1) is 10.0. The molecule has 0 heterocycles. The predicted octanol–water partition coefficient (Wildman–Crippen LogP) is 3.67. The summed E-state index contributed by atoms with van der Waals surface area (Å²) in [7, 11) is -3.27. The van der Waals surface area contributed by atoms with E-state index >= 15 is 0 Å². The summed E-state index contributed by atoms with van der Waals surface area (Å²) in [5.41, 5.74) is 0. The summed E-state index contributed by atoms with van der Waals surface area (Å²) in [5, 5.41) is 4.00. The largest absolute Gasteiger partial charge is 0.313 e. The smallest absolute Gasteiger partial charge is 0.179 e. The van der Waals surface area contributed by atoms with E-state index in [9.17, 15) is 8.42 Å². The van der Waals surface area contributed by atoms with Crippen LogP contribution in [0.25, 0.3) is 0 Å². The summed E-state index contributed by atoms with van der Waals surface area (Å²) in [5.74, 6) is 0.665. The minimum Gasteiger partial charge on any atom is -0.313 e. The third-order valence-corrected chi connectivity index (χ3v) is 6.24. The van der Waals surface area contributed by atoms with Gasteiger partial charge in [0.25, 0.3) is 0 Å². The summed E-state index contributed by atoms with van der Waals surface area (Å²) in [6.07, 6.45) is 5.73. The van der Waals surface area contributed by atoms with Crippen LogP contribution in [-0.4, -0.2) is 26.8 Å². The zero-order valence-electron chi connectivity index (χ0n) is 12.5. The normalized spacial score (nSPS) is 18.0. The molecular formula is C16H24ClNO2S. The fourth-order valence-corrected chi connectivity index (χ4v) is 4.76. The van der Waals surface area contributed by atoms with E-state index < -0.39 is 9.84 Å². The summed E-state index contributed by atoms with van der Waals surface area (Å²) >= 11 is 5.83. The fraction of sp³-hybridized carbons (Fsp3) is 0.625. The molecule has 0 aromatic heterocycles. The van der Waals surface area contributed by atoms with E-state index in [-0.39, 0.29) is 11.8 Å². The van der Waals surface area contributed by atoms with Crippen molar-refractivity contribution < 1.29 is 8.42 Å². The van der Waals surface area contributed by atoms with E-state index in [1.54, 1.807) is 24.3 Å². The maximum atomic E-state index is 12.6. The van der Waals surface area contributed by atoms with Gasteiger partial charge in [0.1, 0.15) is 0 Å².